The zero-order valence-electron chi connectivity index (χ0n) is 12.7. The Labute approximate surface area is 125 Å². The van der Waals surface area contributed by atoms with Gasteiger partial charge in [0.1, 0.15) is 0 Å². The van der Waals surface area contributed by atoms with Crippen LogP contribution in [0.3, 0.4) is 0 Å². The molecule has 0 aliphatic heterocycles. The molecule has 0 aliphatic rings. The lowest BCUT2D eigenvalue weighted by atomic mass is 10.2. The van der Waals surface area contributed by atoms with E-state index in [9.17, 15) is 0 Å². The van der Waals surface area contributed by atoms with Gasteiger partial charge in [0.2, 0.25) is 0 Å². The first-order valence-electron chi connectivity index (χ1n) is 7.09. The molecule has 0 saturated heterocycles. The van der Waals surface area contributed by atoms with Crippen LogP contribution in [0.4, 0.5) is 10.8 Å². The molecule has 2 rings (SSSR count). The van der Waals surface area contributed by atoms with Gasteiger partial charge >= 0.3 is 0 Å². The number of nitrogens with zero attached hydrogens (tertiary/aromatic N) is 2. The Morgan fingerprint density at radius 2 is 2.10 bits per heavy atom. The highest BCUT2D eigenvalue weighted by Crippen LogP contribution is 2.30. The fourth-order valence-corrected chi connectivity index (χ4v) is 3.06. The summed E-state index contributed by atoms with van der Waals surface area (Å²) >= 11 is 1.77. The van der Waals surface area contributed by atoms with E-state index in [4.69, 9.17) is 4.98 Å². The summed E-state index contributed by atoms with van der Waals surface area (Å²) in [5, 5.41) is 4.50. The molecule has 108 valence electrons. The molecule has 0 fully saturated rings. The van der Waals surface area contributed by atoms with E-state index in [0.717, 1.165) is 30.3 Å². The van der Waals surface area contributed by atoms with Crippen molar-refractivity contribution in [3.05, 3.63) is 40.4 Å². The van der Waals surface area contributed by atoms with Gasteiger partial charge in [0, 0.05) is 24.2 Å². The molecule has 0 bridgehead atoms. The van der Waals surface area contributed by atoms with Crippen molar-refractivity contribution in [2.75, 3.05) is 18.5 Å². The van der Waals surface area contributed by atoms with Crippen LogP contribution in [0.2, 0.25) is 0 Å². The Morgan fingerprint density at radius 3 is 2.80 bits per heavy atom. The summed E-state index contributed by atoms with van der Waals surface area (Å²) in [7, 11) is 2.08. The van der Waals surface area contributed by atoms with Crippen molar-refractivity contribution in [1.82, 2.24) is 10.3 Å². The number of benzene rings is 1. The van der Waals surface area contributed by atoms with Gasteiger partial charge in [0.25, 0.3) is 0 Å². The first-order chi connectivity index (χ1) is 9.61. The topological polar surface area (TPSA) is 28.2 Å². The van der Waals surface area contributed by atoms with Crippen LogP contribution in [-0.4, -0.2) is 18.6 Å². The maximum Gasteiger partial charge on any atom is 0.190 e. The number of hydrogen-bond donors (Lipinski definition) is 1. The van der Waals surface area contributed by atoms with Crippen LogP contribution >= 0.6 is 11.3 Å². The maximum absolute atomic E-state index is 4.70. The molecular weight excluding hydrogens is 266 g/mol. The summed E-state index contributed by atoms with van der Waals surface area (Å²) in [5.74, 6) is 0. The van der Waals surface area contributed by atoms with E-state index < -0.39 is 0 Å². The molecule has 0 aliphatic carbocycles. The molecule has 20 heavy (non-hydrogen) atoms. The van der Waals surface area contributed by atoms with E-state index in [1.54, 1.807) is 11.3 Å². The molecule has 1 heterocycles. The zero-order valence-corrected chi connectivity index (χ0v) is 13.5. The van der Waals surface area contributed by atoms with Crippen molar-refractivity contribution in [3.8, 4) is 0 Å². The van der Waals surface area contributed by atoms with Gasteiger partial charge in [0.05, 0.1) is 5.69 Å². The summed E-state index contributed by atoms with van der Waals surface area (Å²) < 4.78 is 0. The largest absolute Gasteiger partial charge is 0.321 e. The monoisotopic (exact) mass is 289 g/mol. The quantitative estimate of drug-likeness (QED) is 0.814. The molecular formula is C16H23N3S. The van der Waals surface area contributed by atoms with Gasteiger partial charge in [-0.15, -0.1) is 0 Å². The van der Waals surface area contributed by atoms with Crippen molar-refractivity contribution in [3.63, 3.8) is 0 Å². The van der Waals surface area contributed by atoms with Crippen molar-refractivity contribution in [2.24, 2.45) is 0 Å². The summed E-state index contributed by atoms with van der Waals surface area (Å²) in [5.41, 5.74) is 3.59. The Bertz CT molecular complexity index is 563. The minimum absolute atomic E-state index is 0.916. The first-order valence-corrected chi connectivity index (χ1v) is 7.91. The van der Waals surface area contributed by atoms with E-state index in [-0.39, 0.29) is 0 Å². The highest BCUT2D eigenvalue weighted by Gasteiger charge is 2.12. The van der Waals surface area contributed by atoms with Gasteiger partial charge in [-0.1, -0.05) is 30.4 Å². The fraction of sp³-hybridized carbons (Fsp3) is 0.438. The van der Waals surface area contributed by atoms with Crippen molar-refractivity contribution in [2.45, 2.75) is 33.7 Å². The predicted molar refractivity (Wildman–Crippen MR) is 88.1 cm³/mol. The molecule has 0 unspecified atom stereocenters. The van der Waals surface area contributed by atoms with Gasteiger partial charge in [-0.3, -0.25) is 0 Å². The molecule has 0 spiro atoms. The lowest BCUT2D eigenvalue weighted by Crippen LogP contribution is -2.13. The fourth-order valence-electron chi connectivity index (χ4n) is 2.05. The van der Waals surface area contributed by atoms with Crippen molar-refractivity contribution in [1.29, 1.82) is 0 Å². The second kappa shape index (κ2) is 6.86. The number of aryl methyl sites for hydroxylation is 2. The predicted octanol–water partition coefficient (Wildman–Crippen LogP) is 4.03. The van der Waals surface area contributed by atoms with Crippen LogP contribution in [0.25, 0.3) is 0 Å². The molecule has 0 atom stereocenters. The summed E-state index contributed by atoms with van der Waals surface area (Å²) in [6, 6.07) is 8.51. The SMILES string of the molecule is CCCNCc1sc(N(C)c2cccc(C)c2)nc1C. The number of aromatic nitrogens is 1. The van der Waals surface area contributed by atoms with Crippen LogP contribution < -0.4 is 10.2 Å². The van der Waals surface area contributed by atoms with E-state index in [0.29, 0.717) is 0 Å². The number of rotatable bonds is 6. The molecule has 4 heteroatoms. The molecule has 1 N–H and O–H groups in total. The average Bonchev–Trinajstić information content (AvgIpc) is 2.80. The molecule has 0 saturated carbocycles. The molecule has 1 aromatic heterocycles. The Kier molecular flexibility index (Phi) is 5.15. The van der Waals surface area contributed by atoms with E-state index >= 15 is 0 Å². The summed E-state index contributed by atoms with van der Waals surface area (Å²) in [6.07, 6.45) is 1.16. The third-order valence-electron chi connectivity index (χ3n) is 3.27. The molecule has 0 radical (unpaired) electrons. The third kappa shape index (κ3) is 3.58. The smallest absolute Gasteiger partial charge is 0.190 e. The number of hydrogen-bond acceptors (Lipinski definition) is 4. The van der Waals surface area contributed by atoms with Gasteiger partial charge in [-0.25, -0.2) is 4.98 Å². The highest BCUT2D eigenvalue weighted by molar-refractivity contribution is 7.15. The minimum atomic E-state index is 0.916. The highest BCUT2D eigenvalue weighted by atomic mass is 32.1. The Hall–Kier alpha value is -1.39. The van der Waals surface area contributed by atoms with Crippen LogP contribution in [0.1, 0.15) is 29.5 Å². The Balaban J connectivity index is 2.14. The zero-order chi connectivity index (χ0) is 14.5. The van der Waals surface area contributed by atoms with E-state index in [1.165, 1.54) is 16.1 Å². The van der Waals surface area contributed by atoms with Gasteiger partial charge in [-0.2, -0.15) is 0 Å². The van der Waals surface area contributed by atoms with Gasteiger partial charge < -0.3 is 10.2 Å². The molecule has 2 aromatic rings. The summed E-state index contributed by atoms with van der Waals surface area (Å²) in [4.78, 5) is 8.19. The number of anilines is 2. The molecule has 0 amide bonds. The third-order valence-corrected chi connectivity index (χ3v) is 4.50. The number of thiazole rings is 1. The van der Waals surface area contributed by atoms with Crippen molar-refractivity contribution >= 4 is 22.2 Å². The first kappa shape index (κ1) is 15.0. The van der Waals surface area contributed by atoms with Gasteiger partial charge in [-0.05, 0) is 44.5 Å². The standard InChI is InChI=1S/C16H23N3S/c1-5-9-17-11-15-13(3)18-16(20-15)19(4)14-8-6-7-12(2)10-14/h6-8,10,17H,5,9,11H2,1-4H3. The molecule has 1 aromatic carbocycles. The summed E-state index contributed by atoms with van der Waals surface area (Å²) in [6.45, 7) is 8.36. The van der Waals surface area contributed by atoms with Crippen LogP contribution in [0.5, 0.6) is 0 Å². The minimum Gasteiger partial charge on any atom is -0.321 e. The van der Waals surface area contributed by atoms with E-state index in [1.807, 2.05) is 0 Å². The van der Waals surface area contributed by atoms with Crippen molar-refractivity contribution < 1.29 is 0 Å². The molecule has 3 nitrogen and oxygen atoms in total. The lowest BCUT2D eigenvalue weighted by molar-refractivity contribution is 0.678. The van der Waals surface area contributed by atoms with Gasteiger partial charge in [0.15, 0.2) is 5.13 Å². The van der Waals surface area contributed by atoms with Crippen LogP contribution in [-0.2, 0) is 6.54 Å². The average molecular weight is 289 g/mol. The van der Waals surface area contributed by atoms with E-state index in [2.05, 4.69) is 62.3 Å². The maximum atomic E-state index is 4.70. The second-order valence-corrected chi connectivity index (χ2v) is 6.14. The lowest BCUT2D eigenvalue weighted by Gasteiger charge is -2.16. The Morgan fingerprint density at radius 1 is 1.30 bits per heavy atom. The van der Waals surface area contributed by atoms with Crippen LogP contribution in [0, 0.1) is 13.8 Å². The van der Waals surface area contributed by atoms with Crippen LogP contribution in [0.15, 0.2) is 24.3 Å². The number of nitrogens with one attached hydrogen (secondary N) is 1. The normalized spacial score (nSPS) is 10.8. The second-order valence-electron chi connectivity index (χ2n) is 5.08.